The first-order chi connectivity index (χ1) is 9.06. The second-order valence-corrected chi connectivity index (χ2v) is 5.76. The van der Waals surface area contributed by atoms with Crippen LogP contribution in [0.4, 0.5) is 0 Å². The number of aliphatic hydroxyl groups excluding tert-OH is 1. The Bertz CT molecular complexity index is 444. The number of halogens is 1. The Morgan fingerprint density at radius 3 is 2.74 bits per heavy atom. The maximum absolute atomic E-state index is 12.0. The van der Waals surface area contributed by atoms with E-state index in [9.17, 15) is 9.90 Å². The van der Waals surface area contributed by atoms with Gasteiger partial charge in [0, 0.05) is 25.0 Å². The molecule has 1 aromatic rings. The summed E-state index contributed by atoms with van der Waals surface area (Å²) in [6, 6.07) is 7.63. The highest BCUT2D eigenvalue weighted by Crippen LogP contribution is 2.27. The SMILES string of the molecule is CN(CC1CC(O)C1)C(=O)CCc1ccccc1Cl. The molecule has 1 aliphatic rings. The molecule has 0 bridgehead atoms. The van der Waals surface area contributed by atoms with Crippen LogP contribution in [0, 0.1) is 5.92 Å². The van der Waals surface area contributed by atoms with Crippen molar-refractivity contribution in [3.05, 3.63) is 34.9 Å². The smallest absolute Gasteiger partial charge is 0.222 e. The van der Waals surface area contributed by atoms with Crippen molar-refractivity contribution in [2.75, 3.05) is 13.6 Å². The van der Waals surface area contributed by atoms with E-state index < -0.39 is 0 Å². The molecule has 19 heavy (non-hydrogen) atoms. The van der Waals surface area contributed by atoms with Crippen LogP contribution in [0.2, 0.25) is 5.02 Å². The Balaban J connectivity index is 1.76. The van der Waals surface area contributed by atoms with Crippen LogP contribution in [-0.4, -0.2) is 35.6 Å². The fraction of sp³-hybridized carbons (Fsp3) is 0.533. The minimum atomic E-state index is -0.156. The standard InChI is InChI=1S/C15H20ClNO2/c1-17(10-11-8-13(18)9-11)15(19)7-6-12-4-2-3-5-14(12)16/h2-5,11,13,18H,6-10H2,1H3. The monoisotopic (exact) mass is 281 g/mol. The molecular weight excluding hydrogens is 262 g/mol. The van der Waals surface area contributed by atoms with E-state index in [2.05, 4.69) is 0 Å². The van der Waals surface area contributed by atoms with Gasteiger partial charge in [-0.05, 0) is 36.8 Å². The van der Waals surface area contributed by atoms with Crippen molar-refractivity contribution in [1.29, 1.82) is 0 Å². The summed E-state index contributed by atoms with van der Waals surface area (Å²) in [5.74, 6) is 0.602. The average molecular weight is 282 g/mol. The minimum Gasteiger partial charge on any atom is -0.393 e. The molecular formula is C15H20ClNO2. The summed E-state index contributed by atoms with van der Waals surface area (Å²) in [7, 11) is 1.83. The quantitative estimate of drug-likeness (QED) is 0.901. The zero-order chi connectivity index (χ0) is 13.8. The number of hydrogen-bond acceptors (Lipinski definition) is 2. The number of hydrogen-bond donors (Lipinski definition) is 1. The first-order valence-corrected chi connectivity index (χ1v) is 7.09. The van der Waals surface area contributed by atoms with Gasteiger partial charge in [0.25, 0.3) is 0 Å². The molecule has 0 radical (unpaired) electrons. The zero-order valence-corrected chi connectivity index (χ0v) is 11.9. The van der Waals surface area contributed by atoms with Crippen molar-refractivity contribution in [3.63, 3.8) is 0 Å². The summed E-state index contributed by atoms with van der Waals surface area (Å²) in [5.41, 5.74) is 1.02. The second kappa shape index (κ2) is 6.40. The highest BCUT2D eigenvalue weighted by Gasteiger charge is 2.28. The molecule has 2 rings (SSSR count). The lowest BCUT2D eigenvalue weighted by atomic mass is 9.82. The molecule has 4 heteroatoms. The summed E-state index contributed by atoms with van der Waals surface area (Å²) in [6.45, 7) is 0.748. The van der Waals surface area contributed by atoms with Gasteiger partial charge in [-0.25, -0.2) is 0 Å². The molecule has 0 aliphatic heterocycles. The predicted molar refractivity (Wildman–Crippen MR) is 76.1 cm³/mol. The second-order valence-electron chi connectivity index (χ2n) is 5.36. The third-order valence-corrected chi connectivity index (χ3v) is 4.10. The van der Waals surface area contributed by atoms with Crippen LogP contribution in [0.3, 0.4) is 0 Å². The molecule has 1 aromatic carbocycles. The lowest BCUT2D eigenvalue weighted by Gasteiger charge is -2.34. The first kappa shape index (κ1) is 14.4. The van der Waals surface area contributed by atoms with Gasteiger partial charge in [0.1, 0.15) is 0 Å². The molecule has 1 amide bonds. The van der Waals surface area contributed by atoms with E-state index in [0.29, 0.717) is 18.8 Å². The van der Waals surface area contributed by atoms with E-state index in [1.165, 1.54) is 0 Å². The van der Waals surface area contributed by atoms with Crippen LogP contribution in [0.1, 0.15) is 24.8 Å². The van der Waals surface area contributed by atoms with Gasteiger partial charge in [-0.1, -0.05) is 29.8 Å². The molecule has 0 saturated heterocycles. The van der Waals surface area contributed by atoms with Crippen molar-refractivity contribution in [2.45, 2.75) is 31.8 Å². The van der Waals surface area contributed by atoms with Crippen LogP contribution in [-0.2, 0) is 11.2 Å². The third-order valence-electron chi connectivity index (χ3n) is 3.73. The van der Waals surface area contributed by atoms with E-state index in [4.69, 9.17) is 11.6 Å². The number of amides is 1. The van der Waals surface area contributed by atoms with E-state index in [0.717, 1.165) is 30.0 Å². The number of rotatable bonds is 5. The molecule has 0 unspecified atom stereocenters. The van der Waals surface area contributed by atoms with E-state index in [-0.39, 0.29) is 12.0 Å². The average Bonchev–Trinajstić information content (AvgIpc) is 2.35. The fourth-order valence-corrected chi connectivity index (χ4v) is 2.70. The molecule has 0 spiro atoms. The molecule has 0 aromatic heterocycles. The Morgan fingerprint density at radius 1 is 1.42 bits per heavy atom. The van der Waals surface area contributed by atoms with Gasteiger partial charge >= 0.3 is 0 Å². The van der Waals surface area contributed by atoms with Crippen LogP contribution < -0.4 is 0 Å². The summed E-state index contributed by atoms with van der Waals surface area (Å²) in [4.78, 5) is 13.8. The summed E-state index contributed by atoms with van der Waals surface area (Å²) in [5, 5.41) is 9.96. The van der Waals surface area contributed by atoms with E-state index in [1.54, 1.807) is 4.90 Å². The summed E-state index contributed by atoms with van der Waals surface area (Å²) < 4.78 is 0. The molecule has 3 nitrogen and oxygen atoms in total. The number of benzene rings is 1. The highest BCUT2D eigenvalue weighted by molar-refractivity contribution is 6.31. The van der Waals surface area contributed by atoms with Crippen molar-refractivity contribution in [2.24, 2.45) is 5.92 Å². The summed E-state index contributed by atoms with van der Waals surface area (Å²) >= 11 is 6.07. The van der Waals surface area contributed by atoms with Gasteiger partial charge in [-0.2, -0.15) is 0 Å². The fourth-order valence-electron chi connectivity index (χ4n) is 2.47. The zero-order valence-electron chi connectivity index (χ0n) is 11.2. The van der Waals surface area contributed by atoms with Gasteiger partial charge in [-0.3, -0.25) is 4.79 Å². The van der Waals surface area contributed by atoms with Gasteiger partial charge in [0.15, 0.2) is 0 Å². The lowest BCUT2D eigenvalue weighted by molar-refractivity contribution is -0.131. The summed E-state index contributed by atoms with van der Waals surface area (Å²) in [6.07, 6.45) is 2.65. The largest absolute Gasteiger partial charge is 0.393 e. The number of carbonyl (C=O) groups is 1. The van der Waals surface area contributed by atoms with Crippen molar-refractivity contribution >= 4 is 17.5 Å². The van der Waals surface area contributed by atoms with Gasteiger partial charge in [0.2, 0.25) is 5.91 Å². The van der Waals surface area contributed by atoms with Gasteiger partial charge in [-0.15, -0.1) is 0 Å². The minimum absolute atomic E-state index is 0.140. The lowest BCUT2D eigenvalue weighted by Crippen LogP contribution is -2.39. The molecule has 1 fully saturated rings. The first-order valence-electron chi connectivity index (χ1n) is 6.71. The van der Waals surface area contributed by atoms with Crippen molar-refractivity contribution in [1.82, 2.24) is 4.90 Å². The molecule has 0 heterocycles. The van der Waals surface area contributed by atoms with Crippen molar-refractivity contribution in [3.8, 4) is 0 Å². The topological polar surface area (TPSA) is 40.5 Å². The number of aliphatic hydroxyl groups is 1. The highest BCUT2D eigenvalue weighted by atomic mass is 35.5. The number of carbonyl (C=O) groups excluding carboxylic acids is 1. The molecule has 1 aliphatic carbocycles. The maximum atomic E-state index is 12.0. The molecule has 1 N–H and O–H groups in total. The Labute approximate surface area is 119 Å². The molecule has 104 valence electrons. The molecule has 0 atom stereocenters. The van der Waals surface area contributed by atoms with Crippen molar-refractivity contribution < 1.29 is 9.90 Å². The Kier molecular flexibility index (Phi) is 4.83. The maximum Gasteiger partial charge on any atom is 0.222 e. The van der Waals surface area contributed by atoms with Gasteiger partial charge in [0.05, 0.1) is 6.10 Å². The van der Waals surface area contributed by atoms with Crippen LogP contribution in [0.25, 0.3) is 0 Å². The molecule has 1 saturated carbocycles. The predicted octanol–water partition coefficient (Wildman–Crippen LogP) is 2.50. The Hall–Kier alpha value is -1.06. The Morgan fingerprint density at radius 2 is 2.11 bits per heavy atom. The number of nitrogens with zero attached hydrogens (tertiary/aromatic N) is 1. The van der Waals surface area contributed by atoms with Gasteiger partial charge < -0.3 is 10.0 Å². The third kappa shape index (κ3) is 3.95. The van der Waals surface area contributed by atoms with Crippen LogP contribution >= 0.6 is 11.6 Å². The van der Waals surface area contributed by atoms with E-state index in [1.807, 2.05) is 31.3 Å². The number of aryl methyl sites for hydroxylation is 1. The van der Waals surface area contributed by atoms with Crippen LogP contribution in [0.15, 0.2) is 24.3 Å². The van der Waals surface area contributed by atoms with Crippen LogP contribution in [0.5, 0.6) is 0 Å². The normalized spacial score (nSPS) is 21.8. The van der Waals surface area contributed by atoms with E-state index >= 15 is 0 Å².